The lowest BCUT2D eigenvalue weighted by molar-refractivity contribution is -0.113. The molecule has 0 N–H and O–H groups in total. The molecule has 0 saturated heterocycles. The van der Waals surface area contributed by atoms with Crippen LogP contribution in [-0.2, 0) is 4.79 Å². The fraction of sp³-hybridized carbons (Fsp3) is 0.333. The molecular weight excluding hydrogens is 138 g/mol. The molecule has 1 unspecified atom stereocenters. The van der Waals surface area contributed by atoms with Crippen molar-refractivity contribution in [2.24, 2.45) is 5.41 Å². The molecule has 0 aliphatic heterocycles. The van der Waals surface area contributed by atoms with Crippen LogP contribution in [0.3, 0.4) is 0 Å². The molecule has 2 heteroatoms. The van der Waals surface area contributed by atoms with E-state index in [4.69, 9.17) is 5.26 Å². The molecule has 2 nitrogen and oxygen atoms in total. The van der Waals surface area contributed by atoms with Crippen molar-refractivity contribution < 1.29 is 4.79 Å². The Morgan fingerprint density at radius 3 is 3.09 bits per heavy atom. The zero-order valence-corrected chi connectivity index (χ0v) is 6.37. The van der Waals surface area contributed by atoms with Crippen molar-refractivity contribution in [2.75, 3.05) is 0 Å². The Hall–Kier alpha value is -1.36. The van der Waals surface area contributed by atoms with Gasteiger partial charge in [-0.05, 0) is 19.4 Å². The smallest absolute Gasteiger partial charge is 0.129 e. The van der Waals surface area contributed by atoms with Crippen molar-refractivity contribution in [3.8, 4) is 6.07 Å². The van der Waals surface area contributed by atoms with Crippen LogP contribution in [0.4, 0.5) is 0 Å². The first-order chi connectivity index (χ1) is 5.20. The minimum atomic E-state index is -0.459. The molecule has 11 heavy (non-hydrogen) atoms. The third kappa shape index (κ3) is 1.56. The van der Waals surface area contributed by atoms with Crippen LogP contribution in [0.2, 0.25) is 0 Å². The molecule has 0 radical (unpaired) electrons. The highest BCUT2D eigenvalue weighted by molar-refractivity contribution is 5.65. The molecule has 1 aliphatic rings. The largest absolute Gasteiger partial charge is 0.302 e. The molecule has 0 bridgehead atoms. The molecule has 0 saturated carbocycles. The van der Waals surface area contributed by atoms with Crippen LogP contribution in [0.25, 0.3) is 0 Å². The van der Waals surface area contributed by atoms with Gasteiger partial charge in [0.15, 0.2) is 0 Å². The summed E-state index contributed by atoms with van der Waals surface area (Å²) in [6.07, 6.45) is 6.88. The fourth-order valence-electron chi connectivity index (χ4n) is 1.05. The van der Waals surface area contributed by atoms with E-state index in [0.29, 0.717) is 12.0 Å². The van der Waals surface area contributed by atoms with Crippen molar-refractivity contribution in [3.05, 3.63) is 23.8 Å². The van der Waals surface area contributed by atoms with E-state index in [-0.39, 0.29) is 0 Å². The lowest BCUT2D eigenvalue weighted by Gasteiger charge is -2.19. The first-order valence-electron chi connectivity index (χ1n) is 3.46. The summed E-state index contributed by atoms with van der Waals surface area (Å²) in [5.41, 5.74) is 0.116. The van der Waals surface area contributed by atoms with Gasteiger partial charge in [0.25, 0.3) is 0 Å². The van der Waals surface area contributed by atoms with Crippen molar-refractivity contribution in [3.63, 3.8) is 0 Å². The standard InChI is InChI=1S/C9H9NO/c1-9(7-11)4-2-3-8(5-9)6-10/h2-3,5,7H,4H2,1H3. The minimum Gasteiger partial charge on any atom is -0.302 e. The Kier molecular flexibility index (Phi) is 1.91. The van der Waals surface area contributed by atoms with Gasteiger partial charge in [0, 0.05) is 11.0 Å². The molecule has 1 aliphatic carbocycles. The van der Waals surface area contributed by atoms with Crippen LogP contribution in [0, 0.1) is 16.7 Å². The molecule has 0 heterocycles. The van der Waals surface area contributed by atoms with Gasteiger partial charge in [-0.3, -0.25) is 0 Å². The van der Waals surface area contributed by atoms with Crippen molar-refractivity contribution >= 4 is 6.29 Å². The molecule has 0 aromatic heterocycles. The molecule has 0 aromatic rings. The highest BCUT2D eigenvalue weighted by atomic mass is 16.1. The quantitative estimate of drug-likeness (QED) is 0.528. The number of carbonyl (C=O) groups excluding carboxylic acids is 1. The molecule has 0 spiro atoms. The van der Waals surface area contributed by atoms with Gasteiger partial charge in [0.2, 0.25) is 0 Å². The minimum absolute atomic E-state index is 0.459. The summed E-state index contributed by atoms with van der Waals surface area (Å²) in [5.74, 6) is 0. The van der Waals surface area contributed by atoms with Crippen LogP contribution in [0.5, 0.6) is 0 Å². The zero-order valence-electron chi connectivity index (χ0n) is 6.37. The topological polar surface area (TPSA) is 40.9 Å². The number of hydrogen-bond acceptors (Lipinski definition) is 2. The number of carbonyl (C=O) groups is 1. The number of aldehydes is 1. The van der Waals surface area contributed by atoms with E-state index in [1.165, 1.54) is 0 Å². The number of allylic oxidation sites excluding steroid dienone is 4. The molecule has 1 rings (SSSR count). The fourth-order valence-corrected chi connectivity index (χ4v) is 1.05. The van der Waals surface area contributed by atoms with E-state index in [9.17, 15) is 4.79 Å². The average molecular weight is 147 g/mol. The first kappa shape index (κ1) is 7.74. The molecule has 56 valence electrons. The van der Waals surface area contributed by atoms with Crippen LogP contribution < -0.4 is 0 Å². The van der Waals surface area contributed by atoms with Crippen LogP contribution >= 0.6 is 0 Å². The Balaban J connectivity index is 2.95. The van der Waals surface area contributed by atoms with Crippen molar-refractivity contribution in [1.82, 2.24) is 0 Å². The van der Waals surface area contributed by atoms with E-state index >= 15 is 0 Å². The Morgan fingerprint density at radius 2 is 2.55 bits per heavy atom. The number of hydrogen-bond donors (Lipinski definition) is 0. The van der Waals surface area contributed by atoms with Gasteiger partial charge in [-0.1, -0.05) is 12.2 Å². The van der Waals surface area contributed by atoms with Crippen molar-refractivity contribution in [2.45, 2.75) is 13.3 Å². The monoisotopic (exact) mass is 147 g/mol. The lowest BCUT2D eigenvalue weighted by atomic mass is 9.83. The van der Waals surface area contributed by atoms with Crippen LogP contribution in [-0.4, -0.2) is 6.29 Å². The third-order valence-corrected chi connectivity index (χ3v) is 1.74. The predicted molar refractivity (Wildman–Crippen MR) is 41.6 cm³/mol. The molecular formula is C9H9NO. The van der Waals surface area contributed by atoms with Gasteiger partial charge in [-0.25, -0.2) is 0 Å². The van der Waals surface area contributed by atoms with Gasteiger partial charge in [-0.2, -0.15) is 5.26 Å². The van der Waals surface area contributed by atoms with Gasteiger partial charge >= 0.3 is 0 Å². The highest BCUT2D eigenvalue weighted by Crippen LogP contribution is 2.26. The Morgan fingerprint density at radius 1 is 1.82 bits per heavy atom. The summed E-state index contributed by atoms with van der Waals surface area (Å²) in [6, 6.07) is 2.01. The van der Waals surface area contributed by atoms with E-state index < -0.39 is 5.41 Å². The summed E-state index contributed by atoms with van der Waals surface area (Å²) >= 11 is 0. The maximum Gasteiger partial charge on any atom is 0.129 e. The molecule has 1 atom stereocenters. The third-order valence-electron chi connectivity index (χ3n) is 1.74. The van der Waals surface area contributed by atoms with E-state index in [2.05, 4.69) is 0 Å². The zero-order chi connectivity index (χ0) is 8.32. The maximum atomic E-state index is 10.6. The van der Waals surface area contributed by atoms with Gasteiger partial charge in [-0.15, -0.1) is 0 Å². The first-order valence-corrected chi connectivity index (χ1v) is 3.46. The molecule has 0 fully saturated rings. The summed E-state index contributed by atoms with van der Waals surface area (Å²) in [5, 5.41) is 8.53. The van der Waals surface area contributed by atoms with Gasteiger partial charge in [0.05, 0.1) is 6.07 Å². The van der Waals surface area contributed by atoms with Gasteiger partial charge in [0.1, 0.15) is 6.29 Å². The van der Waals surface area contributed by atoms with Crippen LogP contribution in [0.1, 0.15) is 13.3 Å². The maximum absolute atomic E-state index is 10.6. The second-order valence-electron chi connectivity index (χ2n) is 2.94. The average Bonchev–Trinajstić information content (AvgIpc) is 2.05. The highest BCUT2D eigenvalue weighted by Gasteiger charge is 2.21. The SMILES string of the molecule is CC1(C=O)C=C(C#N)C=CC1. The summed E-state index contributed by atoms with van der Waals surface area (Å²) in [7, 11) is 0. The normalized spacial score (nSPS) is 28.9. The van der Waals surface area contributed by atoms with E-state index in [1.807, 2.05) is 19.1 Å². The van der Waals surface area contributed by atoms with E-state index in [0.717, 1.165) is 6.29 Å². The van der Waals surface area contributed by atoms with Crippen LogP contribution in [0.15, 0.2) is 23.8 Å². The Bertz CT molecular complexity index is 270. The summed E-state index contributed by atoms with van der Waals surface area (Å²) < 4.78 is 0. The number of nitriles is 1. The Labute approximate surface area is 65.8 Å². The second-order valence-corrected chi connectivity index (χ2v) is 2.94. The number of rotatable bonds is 1. The summed E-state index contributed by atoms with van der Waals surface area (Å²) in [4.78, 5) is 10.6. The molecule has 0 aromatic carbocycles. The number of nitrogens with zero attached hydrogens (tertiary/aromatic N) is 1. The molecule has 0 amide bonds. The van der Waals surface area contributed by atoms with Crippen molar-refractivity contribution in [1.29, 1.82) is 5.26 Å². The second kappa shape index (κ2) is 2.71. The summed E-state index contributed by atoms with van der Waals surface area (Å²) in [6.45, 7) is 1.82. The van der Waals surface area contributed by atoms with E-state index in [1.54, 1.807) is 12.2 Å². The lowest BCUT2D eigenvalue weighted by Crippen LogP contribution is -2.16. The predicted octanol–water partition coefficient (Wildman–Crippen LogP) is 1.60. The van der Waals surface area contributed by atoms with Gasteiger partial charge < -0.3 is 4.79 Å².